The quantitative estimate of drug-likeness (QED) is 0.731. The first-order valence-electron chi connectivity index (χ1n) is 10.8. The van der Waals surface area contributed by atoms with E-state index in [1.54, 1.807) is 0 Å². The third kappa shape index (κ3) is 3.32. The second-order valence-electron chi connectivity index (χ2n) is 8.36. The van der Waals surface area contributed by atoms with Crippen molar-refractivity contribution >= 4 is 11.8 Å². The second-order valence-corrected chi connectivity index (χ2v) is 8.36. The molecule has 0 aromatic carbocycles. The summed E-state index contributed by atoms with van der Waals surface area (Å²) in [4.78, 5) is 33.8. The molecule has 2 aliphatic heterocycles. The number of amides is 2. The summed E-state index contributed by atoms with van der Waals surface area (Å²) in [5.74, 6) is 0.401. The summed E-state index contributed by atoms with van der Waals surface area (Å²) in [6, 6.07) is 4.52. The summed E-state index contributed by atoms with van der Waals surface area (Å²) < 4.78 is 5.26. The predicted octanol–water partition coefficient (Wildman–Crippen LogP) is 2.94. The molecule has 1 aromatic heterocycles. The monoisotopic (exact) mass is 385 g/mol. The third-order valence-corrected chi connectivity index (χ3v) is 6.87. The van der Waals surface area contributed by atoms with Crippen LogP contribution in [0.15, 0.2) is 24.5 Å². The van der Waals surface area contributed by atoms with Gasteiger partial charge in [-0.05, 0) is 50.3 Å². The Bertz CT molecular complexity index is 694. The molecular weight excluding hydrogens is 354 g/mol. The van der Waals surface area contributed by atoms with Crippen molar-refractivity contribution in [2.24, 2.45) is 5.41 Å². The fourth-order valence-electron chi connectivity index (χ4n) is 5.44. The van der Waals surface area contributed by atoms with Crippen LogP contribution < -0.4 is 0 Å². The molecule has 6 heteroatoms. The molecular formula is C22H31N3O3. The van der Waals surface area contributed by atoms with Crippen LogP contribution in [-0.4, -0.2) is 58.9 Å². The summed E-state index contributed by atoms with van der Waals surface area (Å²) in [5.41, 5.74) is 1.01. The molecule has 0 radical (unpaired) electrons. The smallest absolute Gasteiger partial charge is 0.248 e. The Hall–Kier alpha value is -1.95. The van der Waals surface area contributed by atoms with Crippen LogP contribution in [0.2, 0.25) is 0 Å². The minimum absolute atomic E-state index is 0.0599. The topological polar surface area (TPSA) is 62.7 Å². The number of ether oxygens (including phenoxy) is 1. The van der Waals surface area contributed by atoms with Gasteiger partial charge in [-0.3, -0.25) is 14.6 Å². The van der Waals surface area contributed by atoms with E-state index in [2.05, 4.69) is 22.0 Å². The number of piperidine rings is 1. The fraction of sp³-hybridized carbons (Fsp3) is 0.682. The molecule has 1 atom stereocenters. The van der Waals surface area contributed by atoms with Crippen molar-refractivity contribution in [1.82, 2.24) is 14.8 Å². The van der Waals surface area contributed by atoms with Crippen molar-refractivity contribution in [3.05, 3.63) is 30.1 Å². The lowest BCUT2D eigenvalue weighted by molar-refractivity contribution is -0.187. The van der Waals surface area contributed by atoms with Crippen LogP contribution in [0, 0.1) is 5.41 Å². The molecule has 4 rings (SSSR count). The van der Waals surface area contributed by atoms with E-state index in [4.69, 9.17) is 4.74 Å². The van der Waals surface area contributed by atoms with E-state index >= 15 is 0 Å². The van der Waals surface area contributed by atoms with Gasteiger partial charge in [0.15, 0.2) is 0 Å². The maximum atomic E-state index is 13.4. The second kappa shape index (κ2) is 8.19. The molecule has 1 unspecified atom stereocenters. The van der Waals surface area contributed by atoms with Crippen LogP contribution >= 0.6 is 0 Å². The Morgan fingerprint density at radius 2 is 1.86 bits per heavy atom. The maximum Gasteiger partial charge on any atom is 0.248 e. The Morgan fingerprint density at radius 1 is 1.18 bits per heavy atom. The highest BCUT2D eigenvalue weighted by Gasteiger charge is 2.62. The standard InChI is InChI=1S/C22H31N3O3/c1-2-28-16-19(26)24-14-8-18(9-15-24)25-20(17-6-12-23-13-7-17)22(21(25)27)10-4-3-5-11-22/h6-7,12-13,18,20H,2-5,8-11,14-16H2,1H3. The molecule has 2 saturated heterocycles. The first kappa shape index (κ1) is 19.4. The molecule has 6 nitrogen and oxygen atoms in total. The number of aromatic nitrogens is 1. The largest absolute Gasteiger partial charge is 0.372 e. The lowest BCUT2D eigenvalue weighted by Crippen LogP contribution is -2.67. The predicted molar refractivity (Wildman–Crippen MR) is 105 cm³/mol. The number of carbonyl (C=O) groups is 2. The SMILES string of the molecule is CCOCC(=O)N1CCC(N2C(=O)C3(CCCCC3)C2c2ccncc2)CC1. The van der Waals surface area contributed by atoms with Gasteiger partial charge in [0, 0.05) is 38.1 Å². The summed E-state index contributed by atoms with van der Waals surface area (Å²) in [6.07, 6.45) is 10.9. The van der Waals surface area contributed by atoms with Gasteiger partial charge in [-0.25, -0.2) is 0 Å². The van der Waals surface area contributed by atoms with Gasteiger partial charge in [-0.1, -0.05) is 19.3 Å². The number of likely N-dealkylation sites (tertiary alicyclic amines) is 2. The summed E-state index contributed by atoms with van der Waals surface area (Å²) >= 11 is 0. The Morgan fingerprint density at radius 3 is 2.50 bits per heavy atom. The zero-order valence-corrected chi connectivity index (χ0v) is 16.8. The van der Waals surface area contributed by atoms with E-state index < -0.39 is 0 Å². The molecule has 0 N–H and O–H groups in total. The van der Waals surface area contributed by atoms with Crippen LogP contribution in [0.25, 0.3) is 0 Å². The van der Waals surface area contributed by atoms with Gasteiger partial charge in [0.1, 0.15) is 6.61 Å². The van der Waals surface area contributed by atoms with Crippen molar-refractivity contribution < 1.29 is 14.3 Å². The van der Waals surface area contributed by atoms with Gasteiger partial charge in [0.2, 0.25) is 11.8 Å². The minimum Gasteiger partial charge on any atom is -0.372 e. The molecule has 1 spiro atoms. The molecule has 3 aliphatic rings. The van der Waals surface area contributed by atoms with Crippen molar-refractivity contribution in [3.8, 4) is 0 Å². The van der Waals surface area contributed by atoms with Crippen molar-refractivity contribution in [1.29, 1.82) is 0 Å². The molecule has 3 fully saturated rings. The van der Waals surface area contributed by atoms with Gasteiger partial charge >= 0.3 is 0 Å². The van der Waals surface area contributed by atoms with Gasteiger partial charge in [-0.15, -0.1) is 0 Å². The number of hydrogen-bond acceptors (Lipinski definition) is 4. The maximum absolute atomic E-state index is 13.4. The normalized spacial score (nSPS) is 25.0. The summed E-state index contributed by atoms with van der Waals surface area (Å²) in [6.45, 7) is 4.02. The highest BCUT2D eigenvalue weighted by Crippen LogP contribution is 2.59. The van der Waals surface area contributed by atoms with E-state index in [1.807, 2.05) is 24.2 Å². The van der Waals surface area contributed by atoms with E-state index in [-0.39, 0.29) is 30.0 Å². The Labute approximate surface area is 167 Å². The van der Waals surface area contributed by atoms with E-state index in [0.29, 0.717) is 25.6 Å². The van der Waals surface area contributed by atoms with Gasteiger partial charge in [0.25, 0.3) is 0 Å². The van der Waals surface area contributed by atoms with Crippen LogP contribution in [-0.2, 0) is 14.3 Å². The highest BCUT2D eigenvalue weighted by atomic mass is 16.5. The zero-order chi connectivity index (χ0) is 19.6. The molecule has 1 aromatic rings. The van der Waals surface area contributed by atoms with Crippen LogP contribution in [0.1, 0.15) is 63.5 Å². The highest BCUT2D eigenvalue weighted by molar-refractivity contribution is 5.91. The molecule has 2 amide bonds. The van der Waals surface area contributed by atoms with Gasteiger partial charge in [-0.2, -0.15) is 0 Å². The lowest BCUT2D eigenvalue weighted by atomic mass is 9.59. The van der Waals surface area contributed by atoms with Crippen LogP contribution in [0.3, 0.4) is 0 Å². The van der Waals surface area contributed by atoms with Gasteiger partial charge < -0.3 is 14.5 Å². The third-order valence-electron chi connectivity index (χ3n) is 6.87. The van der Waals surface area contributed by atoms with Crippen molar-refractivity contribution in [2.75, 3.05) is 26.3 Å². The molecule has 0 bridgehead atoms. The number of β-lactam (4-membered cyclic amide) rings is 1. The minimum atomic E-state index is -0.207. The molecule has 28 heavy (non-hydrogen) atoms. The molecule has 3 heterocycles. The van der Waals surface area contributed by atoms with E-state index in [0.717, 1.165) is 38.5 Å². The summed E-state index contributed by atoms with van der Waals surface area (Å²) in [7, 11) is 0. The first-order valence-corrected chi connectivity index (χ1v) is 10.8. The molecule has 1 aliphatic carbocycles. The number of nitrogens with zero attached hydrogens (tertiary/aromatic N) is 3. The zero-order valence-electron chi connectivity index (χ0n) is 16.8. The van der Waals surface area contributed by atoms with E-state index in [9.17, 15) is 9.59 Å². The van der Waals surface area contributed by atoms with Crippen LogP contribution in [0.4, 0.5) is 0 Å². The van der Waals surface area contributed by atoms with Crippen molar-refractivity contribution in [3.63, 3.8) is 0 Å². The Balaban J connectivity index is 1.48. The number of carbonyl (C=O) groups excluding carboxylic acids is 2. The van der Waals surface area contributed by atoms with Crippen LogP contribution in [0.5, 0.6) is 0 Å². The van der Waals surface area contributed by atoms with Crippen molar-refractivity contribution in [2.45, 2.75) is 64.0 Å². The fourth-order valence-corrected chi connectivity index (χ4v) is 5.44. The van der Waals surface area contributed by atoms with E-state index in [1.165, 1.54) is 12.0 Å². The molecule has 1 saturated carbocycles. The average Bonchev–Trinajstić information content (AvgIpc) is 2.76. The van der Waals surface area contributed by atoms with Gasteiger partial charge in [0.05, 0.1) is 11.5 Å². The number of pyridine rings is 1. The first-order chi connectivity index (χ1) is 13.7. The average molecular weight is 386 g/mol. The summed E-state index contributed by atoms with van der Waals surface area (Å²) in [5, 5.41) is 0. The number of hydrogen-bond donors (Lipinski definition) is 0. The Kier molecular flexibility index (Phi) is 5.67. The lowest BCUT2D eigenvalue weighted by Gasteiger charge is -2.61. The number of rotatable bonds is 5. The molecule has 152 valence electrons.